The van der Waals surface area contributed by atoms with Gasteiger partial charge in [-0.3, -0.25) is 4.79 Å². The van der Waals surface area contributed by atoms with E-state index in [1.54, 1.807) is 4.90 Å². The summed E-state index contributed by atoms with van der Waals surface area (Å²) in [6, 6.07) is 0. The summed E-state index contributed by atoms with van der Waals surface area (Å²) in [4.78, 5) is 14.1. The number of hydrogen-bond acceptors (Lipinski definition) is 4. The largest absolute Gasteiger partial charge is 0.338 e. The van der Waals surface area contributed by atoms with Gasteiger partial charge in [-0.05, 0) is 44.7 Å². The van der Waals surface area contributed by atoms with Gasteiger partial charge in [0, 0.05) is 26.4 Å². The van der Waals surface area contributed by atoms with Crippen LogP contribution in [0.25, 0.3) is 0 Å². The predicted molar refractivity (Wildman–Crippen MR) is 79.6 cm³/mol. The summed E-state index contributed by atoms with van der Waals surface area (Å²) in [5.41, 5.74) is 0. The third-order valence-electron chi connectivity index (χ3n) is 4.66. The molecule has 3 rings (SSSR count). The second kappa shape index (κ2) is 6.56. The first-order valence-corrected chi connectivity index (χ1v) is 8.09. The van der Waals surface area contributed by atoms with Crippen molar-refractivity contribution in [3.8, 4) is 0 Å². The first kappa shape index (κ1) is 14.5. The number of nitrogens with one attached hydrogen (secondary N) is 1. The highest BCUT2D eigenvalue weighted by Gasteiger charge is 2.20. The highest BCUT2D eigenvalue weighted by atomic mass is 16.2. The number of fused-ring (bicyclic) bond motifs is 1. The summed E-state index contributed by atoms with van der Waals surface area (Å²) in [5.74, 6) is 2.88. The molecule has 1 atom stereocenters. The third kappa shape index (κ3) is 3.43. The molecule has 1 aromatic rings. The smallest absolute Gasteiger partial charge is 0.222 e. The Morgan fingerprint density at radius 3 is 3.14 bits per heavy atom. The number of hydrogen-bond donors (Lipinski definition) is 1. The molecular formula is C15H25N5O. The lowest BCUT2D eigenvalue weighted by Gasteiger charge is -2.23. The molecule has 21 heavy (non-hydrogen) atoms. The van der Waals surface area contributed by atoms with Crippen molar-refractivity contribution in [2.45, 2.75) is 51.6 Å². The van der Waals surface area contributed by atoms with E-state index in [0.717, 1.165) is 50.5 Å². The summed E-state index contributed by atoms with van der Waals surface area (Å²) in [6.45, 7) is 3.76. The second-order valence-corrected chi connectivity index (χ2v) is 6.29. The van der Waals surface area contributed by atoms with Gasteiger partial charge in [0.2, 0.25) is 5.91 Å². The number of carbonyl (C=O) groups is 1. The molecule has 0 bridgehead atoms. The van der Waals surface area contributed by atoms with Crippen molar-refractivity contribution >= 4 is 5.91 Å². The van der Waals surface area contributed by atoms with Crippen molar-refractivity contribution in [3.63, 3.8) is 0 Å². The average molecular weight is 291 g/mol. The molecule has 0 aromatic carbocycles. The van der Waals surface area contributed by atoms with Crippen LogP contribution in [0.3, 0.4) is 0 Å². The van der Waals surface area contributed by atoms with Gasteiger partial charge in [0.1, 0.15) is 5.82 Å². The Morgan fingerprint density at radius 1 is 1.43 bits per heavy atom. The zero-order valence-corrected chi connectivity index (χ0v) is 12.8. The lowest BCUT2D eigenvalue weighted by Crippen LogP contribution is -2.32. The van der Waals surface area contributed by atoms with E-state index in [0.29, 0.717) is 18.9 Å². The van der Waals surface area contributed by atoms with Crippen molar-refractivity contribution < 1.29 is 4.79 Å². The monoisotopic (exact) mass is 291 g/mol. The number of amides is 1. The second-order valence-electron chi connectivity index (χ2n) is 6.29. The SMILES string of the molecule is CN(Cc1nnc2n1CCC2)C(=O)CCC1CCCNC1. The molecule has 2 aliphatic heterocycles. The average Bonchev–Trinajstić information content (AvgIpc) is 3.11. The summed E-state index contributed by atoms with van der Waals surface area (Å²) >= 11 is 0. The van der Waals surface area contributed by atoms with Crippen LogP contribution in [-0.4, -0.2) is 45.7 Å². The molecule has 1 saturated heterocycles. The number of nitrogens with zero attached hydrogens (tertiary/aromatic N) is 4. The fraction of sp³-hybridized carbons (Fsp3) is 0.800. The third-order valence-corrected chi connectivity index (χ3v) is 4.66. The van der Waals surface area contributed by atoms with Gasteiger partial charge in [0.15, 0.2) is 5.82 Å². The fourth-order valence-corrected chi connectivity index (χ4v) is 3.32. The van der Waals surface area contributed by atoms with Gasteiger partial charge in [-0.2, -0.15) is 0 Å². The molecule has 0 saturated carbocycles. The molecule has 116 valence electrons. The van der Waals surface area contributed by atoms with Gasteiger partial charge in [-0.1, -0.05) is 0 Å². The highest BCUT2D eigenvalue weighted by Crippen LogP contribution is 2.18. The lowest BCUT2D eigenvalue weighted by atomic mass is 9.94. The van der Waals surface area contributed by atoms with Crippen molar-refractivity contribution in [3.05, 3.63) is 11.6 Å². The first-order chi connectivity index (χ1) is 10.2. The molecule has 1 amide bonds. The standard InChI is InChI=1S/C15H25N5O/c1-19(11-14-18-17-13-5-3-9-20(13)14)15(21)7-6-12-4-2-8-16-10-12/h12,16H,2-11H2,1H3. The quantitative estimate of drug-likeness (QED) is 0.878. The maximum atomic E-state index is 12.3. The van der Waals surface area contributed by atoms with Gasteiger partial charge in [0.25, 0.3) is 0 Å². The molecule has 0 aliphatic carbocycles. The normalized spacial score (nSPS) is 21.3. The molecule has 1 N–H and O–H groups in total. The van der Waals surface area contributed by atoms with E-state index in [4.69, 9.17) is 0 Å². The summed E-state index contributed by atoms with van der Waals surface area (Å²) in [6.07, 6.45) is 6.28. The Balaban J connectivity index is 1.47. The zero-order chi connectivity index (χ0) is 14.7. The van der Waals surface area contributed by atoms with E-state index >= 15 is 0 Å². The molecule has 2 aliphatic rings. The Labute approximate surface area is 125 Å². The topological polar surface area (TPSA) is 63.1 Å². The maximum absolute atomic E-state index is 12.3. The van der Waals surface area contributed by atoms with Gasteiger partial charge in [-0.25, -0.2) is 0 Å². The van der Waals surface area contributed by atoms with Crippen molar-refractivity contribution in [2.24, 2.45) is 5.92 Å². The van der Waals surface area contributed by atoms with Crippen LogP contribution in [0.5, 0.6) is 0 Å². The van der Waals surface area contributed by atoms with Crippen molar-refractivity contribution in [1.82, 2.24) is 25.0 Å². The first-order valence-electron chi connectivity index (χ1n) is 8.09. The Hall–Kier alpha value is -1.43. The number of carbonyl (C=O) groups excluding carboxylic acids is 1. The van der Waals surface area contributed by atoms with Crippen molar-refractivity contribution in [1.29, 1.82) is 0 Å². The van der Waals surface area contributed by atoms with Crippen LogP contribution < -0.4 is 5.32 Å². The van der Waals surface area contributed by atoms with Crippen LogP contribution in [0, 0.1) is 5.92 Å². The molecule has 1 fully saturated rings. The van der Waals surface area contributed by atoms with E-state index in [9.17, 15) is 4.79 Å². The van der Waals surface area contributed by atoms with Gasteiger partial charge < -0.3 is 14.8 Å². The Bertz CT molecular complexity index is 492. The van der Waals surface area contributed by atoms with Crippen LogP contribution in [0.4, 0.5) is 0 Å². The zero-order valence-electron chi connectivity index (χ0n) is 12.8. The molecular weight excluding hydrogens is 266 g/mol. The number of aryl methyl sites for hydroxylation is 1. The van der Waals surface area contributed by atoms with Gasteiger partial charge in [-0.15, -0.1) is 10.2 Å². The molecule has 0 radical (unpaired) electrons. The van der Waals surface area contributed by atoms with E-state index in [1.165, 1.54) is 12.8 Å². The Kier molecular flexibility index (Phi) is 4.53. The molecule has 6 nitrogen and oxygen atoms in total. The van der Waals surface area contributed by atoms with Crippen LogP contribution in [0.1, 0.15) is 43.8 Å². The molecule has 1 aromatic heterocycles. The minimum Gasteiger partial charge on any atom is -0.338 e. The fourth-order valence-electron chi connectivity index (χ4n) is 3.32. The van der Waals surface area contributed by atoms with E-state index < -0.39 is 0 Å². The Morgan fingerprint density at radius 2 is 2.33 bits per heavy atom. The van der Waals surface area contributed by atoms with E-state index in [-0.39, 0.29) is 5.91 Å². The minimum absolute atomic E-state index is 0.218. The molecule has 3 heterocycles. The summed E-state index contributed by atoms with van der Waals surface area (Å²) in [5, 5.41) is 11.8. The van der Waals surface area contributed by atoms with Crippen LogP contribution in [0.15, 0.2) is 0 Å². The number of piperidine rings is 1. The van der Waals surface area contributed by atoms with Gasteiger partial charge in [0.05, 0.1) is 6.54 Å². The predicted octanol–water partition coefficient (Wildman–Crippen LogP) is 0.962. The maximum Gasteiger partial charge on any atom is 0.222 e. The van der Waals surface area contributed by atoms with Crippen LogP contribution in [0.2, 0.25) is 0 Å². The van der Waals surface area contributed by atoms with Crippen LogP contribution in [-0.2, 0) is 24.3 Å². The molecule has 6 heteroatoms. The number of rotatable bonds is 5. The highest BCUT2D eigenvalue weighted by molar-refractivity contribution is 5.75. The molecule has 0 spiro atoms. The van der Waals surface area contributed by atoms with Gasteiger partial charge >= 0.3 is 0 Å². The molecule has 1 unspecified atom stereocenters. The van der Waals surface area contributed by atoms with Crippen molar-refractivity contribution in [2.75, 3.05) is 20.1 Å². The van der Waals surface area contributed by atoms with E-state index in [1.807, 2.05) is 7.05 Å². The minimum atomic E-state index is 0.218. The summed E-state index contributed by atoms with van der Waals surface area (Å²) < 4.78 is 2.16. The van der Waals surface area contributed by atoms with E-state index in [2.05, 4.69) is 20.1 Å². The summed E-state index contributed by atoms with van der Waals surface area (Å²) in [7, 11) is 1.87. The number of aromatic nitrogens is 3. The lowest BCUT2D eigenvalue weighted by molar-refractivity contribution is -0.130. The van der Waals surface area contributed by atoms with Crippen LogP contribution >= 0.6 is 0 Å².